The summed E-state index contributed by atoms with van der Waals surface area (Å²) in [6.45, 7) is -0.456. The number of benzene rings is 1. The number of rotatable bonds is 4. The van der Waals surface area contributed by atoms with Gasteiger partial charge in [0.2, 0.25) is 0 Å². The molecule has 2 aromatic rings. The molecule has 0 bridgehead atoms. The van der Waals surface area contributed by atoms with Gasteiger partial charge in [-0.3, -0.25) is 15.1 Å². The first-order chi connectivity index (χ1) is 13.4. The fourth-order valence-corrected chi connectivity index (χ4v) is 3.21. The van der Waals surface area contributed by atoms with Crippen LogP contribution in [0.1, 0.15) is 0 Å². The van der Waals surface area contributed by atoms with E-state index in [0.29, 0.717) is 10.8 Å². The van der Waals surface area contributed by atoms with Crippen molar-refractivity contribution >= 4 is 45.7 Å². The molecule has 0 spiro atoms. The van der Waals surface area contributed by atoms with Crippen LogP contribution in [0.3, 0.4) is 0 Å². The molecule has 10 nitrogen and oxygen atoms in total. The molecule has 3 rings (SSSR count). The molecule has 0 N–H and O–H groups in total. The Morgan fingerprint density at radius 1 is 1.29 bits per heavy atom. The molecule has 0 saturated carbocycles. The van der Waals surface area contributed by atoms with Gasteiger partial charge in [-0.2, -0.15) is 0 Å². The van der Waals surface area contributed by atoms with E-state index in [1.54, 1.807) is 6.07 Å². The van der Waals surface area contributed by atoms with E-state index in [4.69, 9.17) is 25.8 Å². The summed E-state index contributed by atoms with van der Waals surface area (Å²) in [6.07, 6.45) is 2.86. The number of nitro groups is 1. The number of hydrogen-bond acceptors (Lipinski definition) is 9. The van der Waals surface area contributed by atoms with Gasteiger partial charge in [-0.1, -0.05) is 11.6 Å². The summed E-state index contributed by atoms with van der Waals surface area (Å²) in [5.74, 6) is -1.69. The first-order valence-corrected chi connectivity index (χ1v) is 8.24. The third kappa shape index (κ3) is 3.23. The molecule has 1 aromatic carbocycles. The molecule has 0 saturated heterocycles. The number of nitro benzene ring substituents is 1. The van der Waals surface area contributed by atoms with Crippen molar-refractivity contribution < 1.29 is 28.7 Å². The Morgan fingerprint density at radius 3 is 2.64 bits per heavy atom. The van der Waals surface area contributed by atoms with Crippen LogP contribution in [0, 0.1) is 10.1 Å². The zero-order valence-corrected chi connectivity index (χ0v) is 15.6. The van der Waals surface area contributed by atoms with Crippen molar-refractivity contribution in [3.05, 3.63) is 50.9 Å². The fourth-order valence-electron chi connectivity index (χ4n) is 2.94. The fraction of sp³-hybridized carbons (Fsp3) is 0.235. The average molecular weight is 408 g/mol. The van der Waals surface area contributed by atoms with Crippen molar-refractivity contribution in [2.75, 3.05) is 32.5 Å². The molecular weight excluding hydrogens is 394 g/mol. The van der Waals surface area contributed by atoms with Crippen molar-refractivity contribution in [1.82, 2.24) is 4.98 Å². The number of carbonyl (C=O) groups is 2. The topological polar surface area (TPSA) is 121 Å². The Hall–Kier alpha value is -3.24. The number of nitrogens with zero attached hydrogens (tertiary/aromatic N) is 3. The van der Waals surface area contributed by atoms with E-state index in [1.165, 1.54) is 23.4 Å². The summed E-state index contributed by atoms with van der Waals surface area (Å²) in [6, 6.07) is 2.75. The maximum absolute atomic E-state index is 12.5. The molecule has 1 aliphatic rings. The second-order valence-electron chi connectivity index (χ2n) is 5.62. The van der Waals surface area contributed by atoms with Gasteiger partial charge < -0.3 is 19.1 Å². The maximum atomic E-state index is 12.5. The van der Waals surface area contributed by atoms with E-state index in [9.17, 15) is 19.7 Å². The van der Waals surface area contributed by atoms with Gasteiger partial charge in [0.25, 0.3) is 5.69 Å². The molecule has 2 heterocycles. The highest BCUT2D eigenvalue weighted by atomic mass is 35.5. The largest absolute Gasteiger partial charge is 0.466 e. The van der Waals surface area contributed by atoms with E-state index in [0.717, 1.165) is 14.2 Å². The number of esters is 2. The molecule has 0 unspecified atom stereocenters. The predicted octanol–water partition coefficient (Wildman–Crippen LogP) is 2.19. The molecule has 0 amide bonds. The van der Waals surface area contributed by atoms with Crippen molar-refractivity contribution in [3.8, 4) is 0 Å². The van der Waals surface area contributed by atoms with E-state index in [-0.39, 0.29) is 41.0 Å². The number of aromatic nitrogens is 1. The molecule has 1 aliphatic heterocycles. The van der Waals surface area contributed by atoms with E-state index in [1.807, 2.05) is 0 Å². The zero-order valence-electron chi connectivity index (χ0n) is 14.8. The Kier molecular flexibility index (Phi) is 5.43. The van der Waals surface area contributed by atoms with Gasteiger partial charge >= 0.3 is 11.9 Å². The summed E-state index contributed by atoms with van der Waals surface area (Å²) in [4.78, 5) is 40.9. The lowest BCUT2D eigenvalue weighted by atomic mass is 10.1. The molecular formula is C17H14ClN3O7. The third-order valence-corrected chi connectivity index (χ3v) is 4.45. The SMILES string of the molecule is COC(=O)C1=C(C(=O)OC)N(c2c([N+](=O)[O-])cc(Cl)c3ccncc23)COC1. The lowest BCUT2D eigenvalue weighted by Gasteiger charge is -2.31. The van der Waals surface area contributed by atoms with E-state index >= 15 is 0 Å². The van der Waals surface area contributed by atoms with Crippen molar-refractivity contribution in [2.24, 2.45) is 0 Å². The smallest absolute Gasteiger partial charge is 0.355 e. The van der Waals surface area contributed by atoms with Gasteiger partial charge in [0, 0.05) is 29.2 Å². The van der Waals surface area contributed by atoms with Crippen LogP contribution in [0.2, 0.25) is 5.02 Å². The summed E-state index contributed by atoms with van der Waals surface area (Å²) >= 11 is 6.19. The van der Waals surface area contributed by atoms with Gasteiger partial charge in [-0.05, 0) is 6.07 Å². The van der Waals surface area contributed by atoms with Gasteiger partial charge in [-0.15, -0.1) is 0 Å². The molecule has 0 fully saturated rings. The van der Waals surface area contributed by atoms with Crippen LogP contribution in [0.15, 0.2) is 35.8 Å². The number of pyridine rings is 1. The molecule has 0 radical (unpaired) electrons. The number of carbonyl (C=O) groups excluding carboxylic acids is 2. The standard InChI is InChI=1S/C17H14ClN3O7/c1-26-16(22)11-7-28-8-20(15(11)17(23)27-2)14-10-6-19-4-3-9(10)12(18)5-13(14)21(24)25/h3-6H,7-8H2,1-2H3. The van der Waals surface area contributed by atoms with Crippen LogP contribution in [-0.4, -0.2) is 49.4 Å². The average Bonchev–Trinajstić information content (AvgIpc) is 2.72. The van der Waals surface area contributed by atoms with Crippen LogP contribution >= 0.6 is 11.6 Å². The second kappa shape index (κ2) is 7.79. The van der Waals surface area contributed by atoms with Crippen LogP contribution < -0.4 is 4.90 Å². The number of ether oxygens (including phenoxy) is 3. The minimum atomic E-state index is -0.870. The van der Waals surface area contributed by atoms with Crippen molar-refractivity contribution in [3.63, 3.8) is 0 Å². The first kappa shape index (κ1) is 19.5. The summed E-state index contributed by atoms with van der Waals surface area (Å²) in [7, 11) is 2.28. The number of hydrogen-bond donors (Lipinski definition) is 0. The number of anilines is 1. The van der Waals surface area contributed by atoms with Crippen LogP contribution in [-0.2, 0) is 23.8 Å². The van der Waals surface area contributed by atoms with Crippen LogP contribution in [0.5, 0.6) is 0 Å². The van der Waals surface area contributed by atoms with Gasteiger partial charge in [0.05, 0.1) is 36.3 Å². The minimum Gasteiger partial charge on any atom is -0.466 e. The molecule has 146 valence electrons. The lowest BCUT2D eigenvalue weighted by Crippen LogP contribution is -2.39. The lowest BCUT2D eigenvalue weighted by molar-refractivity contribution is -0.384. The normalized spacial score (nSPS) is 14.2. The number of methoxy groups -OCH3 is 2. The summed E-state index contributed by atoms with van der Waals surface area (Å²) in [5.41, 5.74) is -0.723. The van der Waals surface area contributed by atoms with Crippen LogP contribution in [0.4, 0.5) is 11.4 Å². The van der Waals surface area contributed by atoms with Crippen LogP contribution in [0.25, 0.3) is 10.8 Å². The van der Waals surface area contributed by atoms with Gasteiger partial charge in [-0.25, -0.2) is 9.59 Å². The molecule has 28 heavy (non-hydrogen) atoms. The molecule has 0 atom stereocenters. The monoisotopic (exact) mass is 407 g/mol. The summed E-state index contributed by atoms with van der Waals surface area (Å²) < 4.78 is 14.9. The Bertz CT molecular complexity index is 1020. The number of halogens is 1. The van der Waals surface area contributed by atoms with Gasteiger partial charge in [0.1, 0.15) is 18.1 Å². The van der Waals surface area contributed by atoms with Crippen molar-refractivity contribution in [1.29, 1.82) is 0 Å². The molecule has 11 heteroatoms. The second-order valence-corrected chi connectivity index (χ2v) is 6.03. The van der Waals surface area contributed by atoms with Gasteiger partial charge in [0.15, 0.2) is 0 Å². The Balaban J connectivity index is 2.38. The quantitative estimate of drug-likeness (QED) is 0.426. The highest BCUT2D eigenvalue weighted by Gasteiger charge is 2.36. The van der Waals surface area contributed by atoms with E-state index in [2.05, 4.69) is 4.98 Å². The first-order valence-electron chi connectivity index (χ1n) is 7.86. The molecule has 1 aromatic heterocycles. The summed E-state index contributed by atoms with van der Waals surface area (Å²) in [5, 5.41) is 12.6. The predicted molar refractivity (Wildman–Crippen MR) is 97.8 cm³/mol. The Labute approximate surface area is 163 Å². The highest BCUT2D eigenvalue weighted by Crippen LogP contribution is 2.42. The highest BCUT2D eigenvalue weighted by molar-refractivity contribution is 6.36. The number of fused-ring (bicyclic) bond motifs is 1. The maximum Gasteiger partial charge on any atom is 0.355 e. The van der Waals surface area contributed by atoms with E-state index < -0.39 is 16.9 Å². The zero-order chi connectivity index (χ0) is 20.4. The molecule has 0 aliphatic carbocycles. The van der Waals surface area contributed by atoms with Crippen molar-refractivity contribution in [2.45, 2.75) is 0 Å². The minimum absolute atomic E-state index is 0.000923. The Morgan fingerprint density at radius 2 is 2.00 bits per heavy atom. The third-order valence-electron chi connectivity index (χ3n) is 4.14.